The molecule has 0 radical (unpaired) electrons. The van der Waals surface area contributed by atoms with Crippen LogP contribution in [-0.2, 0) is 11.2 Å². The third kappa shape index (κ3) is 9.25. The van der Waals surface area contributed by atoms with Crippen molar-refractivity contribution in [2.75, 3.05) is 33.3 Å². The molecule has 0 bridgehead atoms. The molecular weight excluding hydrogens is 440 g/mol. The Labute approximate surface area is 208 Å². The maximum absolute atomic E-state index is 11.2. The number of nitrogens with two attached hydrogens (primary N) is 2. The Hall–Kier alpha value is -3.65. The average Bonchev–Trinajstić information content (AvgIpc) is 3.42. The number of aromatic nitrogens is 1. The van der Waals surface area contributed by atoms with E-state index in [0.29, 0.717) is 17.0 Å². The first-order chi connectivity index (χ1) is 17.1. The van der Waals surface area contributed by atoms with Crippen LogP contribution in [0.3, 0.4) is 0 Å². The maximum atomic E-state index is 11.2. The van der Waals surface area contributed by atoms with Crippen molar-refractivity contribution in [2.45, 2.75) is 33.1 Å². The van der Waals surface area contributed by atoms with Gasteiger partial charge in [0.25, 0.3) is 5.91 Å². The number of guanidine groups is 1. The zero-order chi connectivity index (χ0) is 25.5. The number of rotatable bonds is 7. The van der Waals surface area contributed by atoms with E-state index >= 15 is 0 Å². The van der Waals surface area contributed by atoms with Crippen LogP contribution in [0, 0.1) is 0 Å². The highest BCUT2D eigenvalue weighted by molar-refractivity contribution is 5.96. The van der Waals surface area contributed by atoms with Crippen LogP contribution in [0.15, 0.2) is 65.8 Å². The SMILES string of the molecule is CC.CNC(=O)COc1ccc(N=C(N)N)c2ncccc12.c1ccc(CCN2CCCC2)cc1. The third-order valence-electron chi connectivity index (χ3n) is 5.35. The number of pyridine rings is 1. The molecule has 1 aromatic heterocycles. The van der Waals surface area contributed by atoms with Gasteiger partial charge >= 0.3 is 0 Å². The van der Waals surface area contributed by atoms with E-state index in [1.807, 2.05) is 19.9 Å². The number of hydrogen-bond donors (Lipinski definition) is 3. The lowest BCUT2D eigenvalue weighted by Crippen LogP contribution is -2.24. The van der Waals surface area contributed by atoms with Crippen molar-refractivity contribution < 1.29 is 9.53 Å². The van der Waals surface area contributed by atoms with Crippen molar-refractivity contribution in [1.29, 1.82) is 0 Å². The average molecular weight is 479 g/mol. The van der Waals surface area contributed by atoms with Crippen molar-refractivity contribution in [1.82, 2.24) is 15.2 Å². The minimum Gasteiger partial charge on any atom is -0.483 e. The van der Waals surface area contributed by atoms with Crippen LogP contribution < -0.4 is 21.5 Å². The number of nitrogens with zero attached hydrogens (tertiary/aromatic N) is 3. The van der Waals surface area contributed by atoms with Gasteiger partial charge in [0.15, 0.2) is 12.6 Å². The molecule has 1 aliphatic heterocycles. The maximum Gasteiger partial charge on any atom is 0.257 e. The van der Waals surface area contributed by atoms with Gasteiger partial charge in [0, 0.05) is 25.2 Å². The molecule has 8 heteroatoms. The number of fused-ring (bicyclic) bond motifs is 1. The number of carbonyl (C=O) groups is 1. The van der Waals surface area contributed by atoms with Crippen LogP contribution in [0.4, 0.5) is 5.69 Å². The Kier molecular flexibility index (Phi) is 12.1. The molecule has 1 aliphatic rings. The summed E-state index contributed by atoms with van der Waals surface area (Å²) in [7, 11) is 1.55. The van der Waals surface area contributed by atoms with Crippen molar-refractivity contribution >= 4 is 28.5 Å². The van der Waals surface area contributed by atoms with E-state index in [9.17, 15) is 4.79 Å². The van der Waals surface area contributed by atoms with E-state index < -0.39 is 0 Å². The van der Waals surface area contributed by atoms with Gasteiger partial charge in [-0.2, -0.15) is 0 Å². The summed E-state index contributed by atoms with van der Waals surface area (Å²) in [6.45, 7) is 7.80. The minimum absolute atomic E-state index is 0.0454. The molecule has 0 unspecified atom stereocenters. The van der Waals surface area contributed by atoms with E-state index in [4.69, 9.17) is 16.2 Å². The Morgan fingerprint density at radius 2 is 1.77 bits per heavy atom. The first-order valence-electron chi connectivity index (χ1n) is 12.1. The van der Waals surface area contributed by atoms with Gasteiger partial charge in [0.1, 0.15) is 5.75 Å². The summed E-state index contributed by atoms with van der Waals surface area (Å²) in [6, 6.07) is 17.8. The summed E-state index contributed by atoms with van der Waals surface area (Å²) < 4.78 is 5.47. The van der Waals surface area contributed by atoms with Gasteiger partial charge in [-0.1, -0.05) is 44.2 Å². The monoisotopic (exact) mass is 478 g/mol. The lowest BCUT2D eigenvalue weighted by Gasteiger charge is -2.13. The Morgan fingerprint density at radius 3 is 2.43 bits per heavy atom. The second kappa shape index (κ2) is 15.3. The van der Waals surface area contributed by atoms with Gasteiger partial charge in [0.05, 0.1) is 11.2 Å². The number of benzene rings is 2. The second-order valence-corrected chi connectivity index (χ2v) is 7.77. The summed E-state index contributed by atoms with van der Waals surface area (Å²) in [4.78, 5) is 22.0. The highest BCUT2D eigenvalue weighted by atomic mass is 16.5. The number of amides is 1. The number of hydrogen-bond acceptors (Lipinski definition) is 5. The molecule has 0 aliphatic carbocycles. The number of ether oxygens (including phenoxy) is 1. The summed E-state index contributed by atoms with van der Waals surface area (Å²) >= 11 is 0. The minimum atomic E-state index is -0.213. The summed E-state index contributed by atoms with van der Waals surface area (Å²) in [5.41, 5.74) is 13.4. The number of likely N-dealkylation sites (tertiary alicyclic amines) is 1. The van der Waals surface area contributed by atoms with E-state index in [2.05, 4.69) is 50.5 Å². The highest BCUT2D eigenvalue weighted by Crippen LogP contribution is 2.31. The van der Waals surface area contributed by atoms with Crippen molar-refractivity contribution in [2.24, 2.45) is 16.5 Å². The molecule has 2 aromatic carbocycles. The van der Waals surface area contributed by atoms with E-state index in [1.165, 1.54) is 44.5 Å². The molecule has 8 nitrogen and oxygen atoms in total. The number of likely N-dealkylation sites (N-methyl/N-ethyl adjacent to an activating group) is 1. The number of aliphatic imine (C=N–C) groups is 1. The zero-order valence-corrected chi connectivity index (χ0v) is 21.0. The van der Waals surface area contributed by atoms with Gasteiger partial charge < -0.3 is 26.4 Å². The summed E-state index contributed by atoms with van der Waals surface area (Å²) in [5, 5.41) is 3.22. The predicted octanol–water partition coefficient (Wildman–Crippen LogP) is 3.62. The van der Waals surface area contributed by atoms with E-state index in [1.54, 1.807) is 31.4 Å². The lowest BCUT2D eigenvalue weighted by atomic mass is 10.1. The van der Waals surface area contributed by atoms with Crippen LogP contribution in [0.25, 0.3) is 10.9 Å². The Balaban J connectivity index is 0.000000248. The fourth-order valence-corrected chi connectivity index (χ4v) is 3.64. The normalized spacial score (nSPS) is 12.5. The molecule has 188 valence electrons. The topological polar surface area (TPSA) is 119 Å². The predicted molar refractivity (Wildman–Crippen MR) is 144 cm³/mol. The molecule has 4 rings (SSSR count). The van der Waals surface area contributed by atoms with E-state index in [0.717, 1.165) is 5.39 Å². The number of carbonyl (C=O) groups excluding carboxylic acids is 1. The first kappa shape index (κ1) is 27.6. The molecule has 0 atom stereocenters. The molecule has 3 aromatic rings. The fraction of sp³-hybridized carbons (Fsp3) is 0.370. The van der Waals surface area contributed by atoms with Crippen LogP contribution in [-0.4, -0.2) is 55.0 Å². The summed E-state index contributed by atoms with van der Waals surface area (Å²) in [5.74, 6) is 0.289. The second-order valence-electron chi connectivity index (χ2n) is 7.77. The van der Waals surface area contributed by atoms with Crippen LogP contribution in [0.2, 0.25) is 0 Å². The fourth-order valence-electron chi connectivity index (χ4n) is 3.64. The van der Waals surface area contributed by atoms with Gasteiger partial charge in [0.2, 0.25) is 0 Å². The Bertz CT molecular complexity index is 1060. The van der Waals surface area contributed by atoms with Gasteiger partial charge in [-0.25, -0.2) is 4.99 Å². The quantitative estimate of drug-likeness (QED) is 0.353. The van der Waals surface area contributed by atoms with Crippen LogP contribution in [0.1, 0.15) is 32.3 Å². The third-order valence-corrected chi connectivity index (χ3v) is 5.35. The molecular formula is C27H38N6O2. The molecule has 0 saturated carbocycles. The van der Waals surface area contributed by atoms with Crippen molar-refractivity contribution in [3.63, 3.8) is 0 Å². The van der Waals surface area contributed by atoms with Crippen LogP contribution >= 0.6 is 0 Å². The van der Waals surface area contributed by atoms with Gasteiger partial charge in [-0.05, 0) is 62.2 Å². The van der Waals surface area contributed by atoms with Crippen molar-refractivity contribution in [3.8, 4) is 5.75 Å². The molecule has 0 spiro atoms. The van der Waals surface area contributed by atoms with Crippen molar-refractivity contribution in [3.05, 3.63) is 66.4 Å². The molecule has 1 fully saturated rings. The van der Waals surface area contributed by atoms with Gasteiger partial charge in [-0.3, -0.25) is 9.78 Å². The number of nitrogens with one attached hydrogen (secondary N) is 1. The molecule has 2 heterocycles. The molecule has 35 heavy (non-hydrogen) atoms. The smallest absolute Gasteiger partial charge is 0.257 e. The van der Waals surface area contributed by atoms with Gasteiger partial charge in [-0.15, -0.1) is 0 Å². The molecule has 1 saturated heterocycles. The highest BCUT2D eigenvalue weighted by Gasteiger charge is 2.10. The first-order valence-corrected chi connectivity index (χ1v) is 12.1. The lowest BCUT2D eigenvalue weighted by molar-refractivity contribution is -0.122. The standard InChI is InChI=1S/C13H15N5O2.C12H17N.C2H6/c1-16-11(19)7-20-10-5-4-9(18-13(14)15)12-8(10)3-2-6-17-12;1-2-6-12(7-3-1)8-11-13-9-4-5-10-13;1-2/h2-6H,7H2,1H3,(H,16,19)(H4,14,15,18);1-3,6-7H,4-5,8-11H2;1-2H3. The van der Waals surface area contributed by atoms with E-state index in [-0.39, 0.29) is 18.5 Å². The molecule has 5 N–H and O–H groups in total. The largest absolute Gasteiger partial charge is 0.483 e. The Morgan fingerprint density at radius 1 is 1.06 bits per heavy atom. The van der Waals surface area contributed by atoms with Crippen LogP contribution in [0.5, 0.6) is 5.75 Å². The summed E-state index contributed by atoms with van der Waals surface area (Å²) in [6.07, 6.45) is 5.64. The molecule has 1 amide bonds. The zero-order valence-electron chi connectivity index (χ0n) is 21.0.